The summed E-state index contributed by atoms with van der Waals surface area (Å²) in [4.78, 5) is 19.1. The van der Waals surface area contributed by atoms with Crippen LogP contribution in [0.1, 0.15) is 57.2 Å². The number of halogens is 1. The molecule has 0 spiro atoms. The molecule has 1 aromatic heterocycles. The van der Waals surface area contributed by atoms with Crippen LogP contribution in [0.2, 0.25) is 0 Å². The van der Waals surface area contributed by atoms with Gasteiger partial charge in [0.15, 0.2) is 0 Å². The second kappa shape index (κ2) is 8.23. The van der Waals surface area contributed by atoms with Crippen molar-refractivity contribution in [3.8, 4) is 0 Å². The standard InChI is InChI=1S/C18H31N5O2.ClH/c1-10(2)17(19)18-20-11(3)21-23(18)9-16(25)22(4)14-5-12-7-15(24)8-13(12)6-14;/h10,12-15,17,24H,5-9,19H2,1-4H3;1H/t12-,13+,14?,15?,17-;/m0./s1. The van der Waals surface area contributed by atoms with E-state index in [9.17, 15) is 9.90 Å². The Labute approximate surface area is 161 Å². The molecule has 0 bridgehead atoms. The summed E-state index contributed by atoms with van der Waals surface area (Å²) in [5, 5.41) is 14.2. The maximum atomic E-state index is 12.8. The van der Waals surface area contributed by atoms with Crippen molar-refractivity contribution in [2.24, 2.45) is 23.5 Å². The number of carbonyl (C=O) groups is 1. The van der Waals surface area contributed by atoms with Gasteiger partial charge in [0.25, 0.3) is 0 Å². The average Bonchev–Trinajstić information content (AvgIpc) is 3.18. The van der Waals surface area contributed by atoms with Crippen LogP contribution in [-0.2, 0) is 11.3 Å². The Morgan fingerprint density at radius 2 is 1.88 bits per heavy atom. The van der Waals surface area contributed by atoms with Crippen LogP contribution in [0.5, 0.6) is 0 Å². The molecule has 0 aromatic carbocycles. The van der Waals surface area contributed by atoms with Crippen molar-refractivity contribution in [1.82, 2.24) is 19.7 Å². The Hall–Kier alpha value is -1.18. The lowest BCUT2D eigenvalue weighted by atomic mass is 10.0. The van der Waals surface area contributed by atoms with Crippen molar-refractivity contribution < 1.29 is 9.90 Å². The predicted octanol–water partition coefficient (Wildman–Crippen LogP) is 1.67. The highest BCUT2D eigenvalue weighted by atomic mass is 35.5. The Bertz CT molecular complexity index is 621. The van der Waals surface area contributed by atoms with Crippen LogP contribution in [0.15, 0.2) is 0 Å². The number of hydrogen-bond acceptors (Lipinski definition) is 5. The molecule has 3 N–H and O–H groups in total. The van der Waals surface area contributed by atoms with Gasteiger partial charge in [0.05, 0.1) is 12.1 Å². The number of carbonyl (C=O) groups excluding carboxylic acids is 1. The van der Waals surface area contributed by atoms with Gasteiger partial charge in [-0.2, -0.15) is 5.10 Å². The zero-order chi connectivity index (χ0) is 18.3. The number of fused-ring (bicyclic) bond motifs is 1. The van der Waals surface area contributed by atoms with Crippen molar-refractivity contribution in [2.45, 2.75) is 71.2 Å². The molecule has 1 heterocycles. The minimum absolute atomic E-state index is 0. The second-order valence-corrected chi connectivity index (χ2v) is 8.22. The average molecular weight is 386 g/mol. The minimum atomic E-state index is -0.230. The molecule has 2 saturated carbocycles. The third-order valence-electron chi connectivity index (χ3n) is 6.01. The Balaban J connectivity index is 0.00000243. The summed E-state index contributed by atoms with van der Waals surface area (Å²) >= 11 is 0. The number of aryl methyl sites for hydroxylation is 1. The van der Waals surface area contributed by atoms with E-state index in [1.807, 2.05) is 32.7 Å². The van der Waals surface area contributed by atoms with Gasteiger partial charge in [-0.1, -0.05) is 13.8 Å². The van der Waals surface area contributed by atoms with Crippen LogP contribution in [0.3, 0.4) is 0 Å². The third-order valence-corrected chi connectivity index (χ3v) is 6.01. The first kappa shape index (κ1) is 21.1. The summed E-state index contributed by atoms with van der Waals surface area (Å²) in [6.45, 7) is 6.09. The van der Waals surface area contributed by atoms with E-state index in [0.29, 0.717) is 23.5 Å². The van der Waals surface area contributed by atoms with Crippen molar-refractivity contribution in [1.29, 1.82) is 0 Å². The molecule has 1 amide bonds. The van der Waals surface area contributed by atoms with Crippen molar-refractivity contribution >= 4 is 18.3 Å². The van der Waals surface area contributed by atoms with E-state index in [1.165, 1.54) is 0 Å². The van der Waals surface area contributed by atoms with Crippen LogP contribution in [0.4, 0.5) is 0 Å². The van der Waals surface area contributed by atoms with Gasteiger partial charge in [-0.05, 0) is 50.4 Å². The molecule has 26 heavy (non-hydrogen) atoms. The maximum absolute atomic E-state index is 12.8. The number of aliphatic hydroxyl groups is 1. The summed E-state index contributed by atoms with van der Waals surface area (Å²) in [5.74, 6) is 2.73. The van der Waals surface area contributed by atoms with Crippen LogP contribution >= 0.6 is 12.4 Å². The normalized spacial score (nSPS) is 28.7. The van der Waals surface area contributed by atoms with Crippen molar-refractivity contribution in [2.75, 3.05) is 7.05 Å². The summed E-state index contributed by atoms with van der Waals surface area (Å²) in [7, 11) is 1.89. The molecule has 3 rings (SSSR count). The summed E-state index contributed by atoms with van der Waals surface area (Å²) in [6, 6.07) is 0.0356. The fourth-order valence-electron chi connectivity index (χ4n) is 4.44. The highest BCUT2D eigenvalue weighted by Gasteiger charge is 2.43. The molecule has 2 aliphatic rings. The monoisotopic (exact) mass is 385 g/mol. The molecule has 2 unspecified atom stereocenters. The lowest BCUT2D eigenvalue weighted by Crippen LogP contribution is -2.39. The van der Waals surface area contributed by atoms with Crippen LogP contribution in [0.25, 0.3) is 0 Å². The van der Waals surface area contributed by atoms with E-state index in [4.69, 9.17) is 5.73 Å². The fourth-order valence-corrected chi connectivity index (χ4v) is 4.44. The van der Waals surface area contributed by atoms with Crippen molar-refractivity contribution in [3.05, 3.63) is 11.6 Å². The lowest BCUT2D eigenvalue weighted by Gasteiger charge is -2.26. The van der Waals surface area contributed by atoms with Gasteiger partial charge < -0.3 is 15.7 Å². The van der Waals surface area contributed by atoms with E-state index < -0.39 is 0 Å². The molecule has 1 aromatic rings. The molecule has 0 saturated heterocycles. The SMILES string of the molecule is Cc1nc([C@@H](N)C(C)C)n(CC(=O)N(C)C2C[C@H]3CC(O)C[C@H]3C2)n1.Cl. The highest BCUT2D eigenvalue weighted by Crippen LogP contribution is 2.45. The van der Waals surface area contributed by atoms with Gasteiger partial charge in [-0.15, -0.1) is 12.4 Å². The lowest BCUT2D eigenvalue weighted by molar-refractivity contribution is -0.132. The van der Waals surface area contributed by atoms with Crippen LogP contribution in [0, 0.1) is 24.7 Å². The number of aliphatic hydroxyl groups excluding tert-OH is 1. The highest BCUT2D eigenvalue weighted by molar-refractivity contribution is 5.85. The first-order valence-corrected chi connectivity index (χ1v) is 9.36. The van der Waals surface area contributed by atoms with Crippen LogP contribution < -0.4 is 5.73 Å². The quantitative estimate of drug-likeness (QED) is 0.803. The molecule has 0 radical (unpaired) electrons. The molecule has 8 heteroatoms. The smallest absolute Gasteiger partial charge is 0.244 e. The Morgan fingerprint density at radius 3 is 2.42 bits per heavy atom. The summed E-state index contributed by atoms with van der Waals surface area (Å²) < 4.78 is 1.67. The molecular weight excluding hydrogens is 354 g/mol. The van der Waals surface area contributed by atoms with Gasteiger partial charge >= 0.3 is 0 Å². The van der Waals surface area contributed by atoms with Gasteiger partial charge in [0.2, 0.25) is 5.91 Å². The topological polar surface area (TPSA) is 97.3 Å². The van der Waals surface area contributed by atoms with E-state index in [-0.39, 0.29) is 49.0 Å². The molecule has 5 atom stereocenters. The second-order valence-electron chi connectivity index (χ2n) is 8.22. The van der Waals surface area contributed by atoms with Gasteiger partial charge in [-0.25, -0.2) is 9.67 Å². The molecular formula is C18H32ClN5O2. The number of amides is 1. The molecule has 7 nitrogen and oxygen atoms in total. The predicted molar refractivity (Wildman–Crippen MR) is 102 cm³/mol. The fraction of sp³-hybridized carbons (Fsp3) is 0.833. The summed E-state index contributed by atoms with van der Waals surface area (Å²) in [6.07, 6.45) is 3.63. The number of nitrogens with zero attached hydrogens (tertiary/aromatic N) is 4. The maximum Gasteiger partial charge on any atom is 0.244 e. The minimum Gasteiger partial charge on any atom is -0.393 e. The van der Waals surface area contributed by atoms with E-state index in [2.05, 4.69) is 10.1 Å². The molecule has 2 fully saturated rings. The number of hydrogen-bond donors (Lipinski definition) is 2. The molecule has 148 valence electrons. The number of likely N-dealkylation sites (N-methyl/N-ethyl adjacent to an activating group) is 1. The Kier molecular flexibility index (Phi) is 6.69. The van der Waals surface area contributed by atoms with Crippen molar-refractivity contribution in [3.63, 3.8) is 0 Å². The zero-order valence-corrected chi connectivity index (χ0v) is 16.9. The molecule has 2 aliphatic carbocycles. The Morgan fingerprint density at radius 1 is 1.31 bits per heavy atom. The van der Waals surface area contributed by atoms with Gasteiger partial charge in [0.1, 0.15) is 18.2 Å². The van der Waals surface area contributed by atoms with Crippen LogP contribution in [-0.4, -0.2) is 49.9 Å². The van der Waals surface area contributed by atoms with E-state index in [1.54, 1.807) is 4.68 Å². The first-order chi connectivity index (χ1) is 11.8. The number of nitrogens with two attached hydrogens (primary N) is 1. The van der Waals surface area contributed by atoms with E-state index >= 15 is 0 Å². The van der Waals surface area contributed by atoms with E-state index in [0.717, 1.165) is 25.7 Å². The number of aromatic nitrogens is 3. The van der Waals surface area contributed by atoms with Gasteiger partial charge in [-0.3, -0.25) is 4.79 Å². The molecule has 0 aliphatic heterocycles. The first-order valence-electron chi connectivity index (χ1n) is 9.36. The zero-order valence-electron chi connectivity index (χ0n) is 16.1. The summed E-state index contributed by atoms with van der Waals surface area (Å²) in [5.41, 5.74) is 6.23. The number of rotatable bonds is 5. The largest absolute Gasteiger partial charge is 0.393 e. The third kappa shape index (κ3) is 4.21. The van der Waals surface area contributed by atoms with Gasteiger partial charge in [0, 0.05) is 13.1 Å².